The molecular weight excluding hydrogens is 299 g/mol. The van der Waals surface area contributed by atoms with E-state index in [0.29, 0.717) is 0 Å². The van der Waals surface area contributed by atoms with E-state index in [1.54, 1.807) is 0 Å². The summed E-state index contributed by atoms with van der Waals surface area (Å²) in [5.74, 6) is -0.196. The van der Waals surface area contributed by atoms with Crippen molar-refractivity contribution in [2.24, 2.45) is 0 Å². The molecule has 0 bridgehead atoms. The molecule has 1 heterocycles. The van der Waals surface area contributed by atoms with Gasteiger partial charge in [0.1, 0.15) is 5.82 Å². The average Bonchev–Trinajstić information content (AvgIpc) is 2.62. The summed E-state index contributed by atoms with van der Waals surface area (Å²) in [6, 6.07) is 15.2. The van der Waals surface area contributed by atoms with Gasteiger partial charge in [0.25, 0.3) is 0 Å². The smallest absolute Gasteiger partial charge is 0.123 e. The molecule has 1 saturated heterocycles. The SMILES string of the molecule is CC(=CCN1CCN(C)CC1)c1ccc(-c2ccc(F)cc2)cc1. The van der Waals surface area contributed by atoms with Crippen LogP contribution in [0.3, 0.4) is 0 Å². The lowest BCUT2D eigenvalue weighted by Gasteiger charge is -2.31. The summed E-state index contributed by atoms with van der Waals surface area (Å²) < 4.78 is 13.0. The summed E-state index contributed by atoms with van der Waals surface area (Å²) in [5.41, 5.74) is 4.71. The number of halogens is 1. The minimum Gasteiger partial charge on any atom is -0.304 e. The first-order chi connectivity index (χ1) is 11.6. The molecule has 1 aliphatic rings. The third kappa shape index (κ3) is 4.31. The molecule has 0 radical (unpaired) electrons. The summed E-state index contributed by atoms with van der Waals surface area (Å²) in [6.07, 6.45) is 2.32. The Morgan fingerprint density at radius 1 is 0.917 bits per heavy atom. The van der Waals surface area contributed by atoms with E-state index in [9.17, 15) is 4.39 Å². The van der Waals surface area contributed by atoms with Gasteiger partial charge < -0.3 is 4.90 Å². The number of piperazine rings is 1. The maximum Gasteiger partial charge on any atom is 0.123 e. The first-order valence-electron chi connectivity index (χ1n) is 8.56. The van der Waals surface area contributed by atoms with E-state index in [-0.39, 0.29) is 5.82 Å². The van der Waals surface area contributed by atoms with Gasteiger partial charge in [-0.3, -0.25) is 4.90 Å². The molecule has 24 heavy (non-hydrogen) atoms. The first kappa shape index (κ1) is 16.9. The van der Waals surface area contributed by atoms with E-state index < -0.39 is 0 Å². The molecule has 1 fully saturated rings. The van der Waals surface area contributed by atoms with Gasteiger partial charge in [-0.1, -0.05) is 42.5 Å². The molecule has 0 N–H and O–H groups in total. The summed E-state index contributed by atoms with van der Waals surface area (Å²) in [6.45, 7) is 7.77. The molecule has 0 amide bonds. The topological polar surface area (TPSA) is 6.48 Å². The zero-order valence-electron chi connectivity index (χ0n) is 14.5. The van der Waals surface area contributed by atoms with Crippen LogP contribution in [0.25, 0.3) is 16.7 Å². The molecule has 2 nitrogen and oxygen atoms in total. The Balaban J connectivity index is 1.64. The monoisotopic (exact) mass is 324 g/mol. The number of rotatable bonds is 4. The zero-order chi connectivity index (χ0) is 16.9. The lowest BCUT2D eigenvalue weighted by Crippen LogP contribution is -2.44. The van der Waals surface area contributed by atoms with Gasteiger partial charge in [0, 0.05) is 32.7 Å². The van der Waals surface area contributed by atoms with Crippen LogP contribution in [0.2, 0.25) is 0 Å². The molecule has 126 valence electrons. The Bertz CT molecular complexity index is 681. The molecule has 3 rings (SSSR count). The number of nitrogens with zero attached hydrogens (tertiary/aromatic N) is 2. The average molecular weight is 324 g/mol. The molecule has 1 aliphatic heterocycles. The van der Waals surface area contributed by atoms with Gasteiger partial charge in [-0.2, -0.15) is 0 Å². The highest BCUT2D eigenvalue weighted by atomic mass is 19.1. The van der Waals surface area contributed by atoms with Crippen molar-refractivity contribution in [3.8, 4) is 11.1 Å². The number of benzene rings is 2. The van der Waals surface area contributed by atoms with Gasteiger partial charge in [0.2, 0.25) is 0 Å². The molecule has 0 spiro atoms. The van der Waals surface area contributed by atoms with Gasteiger partial charge >= 0.3 is 0 Å². The largest absolute Gasteiger partial charge is 0.304 e. The summed E-state index contributed by atoms with van der Waals surface area (Å²) in [5, 5.41) is 0. The van der Waals surface area contributed by atoms with Crippen LogP contribution in [0.1, 0.15) is 12.5 Å². The van der Waals surface area contributed by atoms with Gasteiger partial charge in [-0.25, -0.2) is 4.39 Å². The Labute approximate surface area is 144 Å². The van der Waals surface area contributed by atoms with Crippen molar-refractivity contribution in [1.29, 1.82) is 0 Å². The van der Waals surface area contributed by atoms with E-state index in [2.05, 4.69) is 54.1 Å². The van der Waals surface area contributed by atoms with Gasteiger partial charge in [0.15, 0.2) is 0 Å². The molecule has 3 heteroatoms. The highest BCUT2D eigenvalue weighted by Crippen LogP contribution is 2.22. The summed E-state index contributed by atoms with van der Waals surface area (Å²) in [4.78, 5) is 4.87. The third-order valence-corrected chi connectivity index (χ3v) is 4.77. The second kappa shape index (κ2) is 7.73. The standard InChI is InChI=1S/C21H25FN2/c1-17(11-12-24-15-13-23(2)14-16-24)18-3-5-19(6-4-18)20-7-9-21(22)10-8-20/h3-11H,12-16H2,1-2H3. The summed E-state index contributed by atoms with van der Waals surface area (Å²) >= 11 is 0. The fourth-order valence-corrected chi connectivity index (χ4v) is 2.98. The fraction of sp³-hybridized carbons (Fsp3) is 0.333. The minimum atomic E-state index is -0.196. The quantitative estimate of drug-likeness (QED) is 0.834. The highest BCUT2D eigenvalue weighted by Gasteiger charge is 2.12. The van der Waals surface area contributed by atoms with Crippen molar-refractivity contribution in [3.05, 3.63) is 66.0 Å². The maximum atomic E-state index is 13.0. The van der Waals surface area contributed by atoms with Crippen LogP contribution in [0.15, 0.2) is 54.6 Å². The predicted octanol–water partition coefficient (Wildman–Crippen LogP) is 4.14. The number of hydrogen-bond donors (Lipinski definition) is 0. The second-order valence-electron chi connectivity index (χ2n) is 6.58. The number of hydrogen-bond acceptors (Lipinski definition) is 2. The first-order valence-corrected chi connectivity index (χ1v) is 8.56. The van der Waals surface area contributed by atoms with Crippen molar-refractivity contribution >= 4 is 5.57 Å². The Hall–Kier alpha value is -1.97. The highest BCUT2D eigenvalue weighted by molar-refractivity contribution is 5.69. The van der Waals surface area contributed by atoms with Crippen LogP contribution < -0.4 is 0 Å². The Kier molecular flexibility index (Phi) is 5.44. The number of likely N-dealkylation sites (N-methyl/N-ethyl adjacent to an activating group) is 1. The normalized spacial score (nSPS) is 17.2. The second-order valence-corrected chi connectivity index (χ2v) is 6.58. The molecule has 2 aromatic rings. The molecule has 0 aromatic heterocycles. The molecule has 0 atom stereocenters. The van der Waals surface area contributed by atoms with E-state index in [0.717, 1.165) is 43.9 Å². The number of allylic oxidation sites excluding steroid dienone is 1. The van der Waals surface area contributed by atoms with Crippen molar-refractivity contribution in [3.63, 3.8) is 0 Å². The van der Waals surface area contributed by atoms with Gasteiger partial charge in [-0.05, 0) is 48.4 Å². The van der Waals surface area contributed by atoms with Crippen molar-refractivity contribution in [2.45, 2.75) is 6.92 Å². The van der Waals surface area contributed by atoms with Crippen LogP contribution in [0, 0.1) is 5.82 Å². The van der Waals surface area contributed by atoms with E-state index in [1.807, 2.05) is 12.1 Å². The molecule has 0 saturated carbocycles. The molecule has 2 aromatic carbocycles. The van der Waals surface area contributed by atoms with Gasteiger partial charge in [0.05, 0.1) is 0 Å². The van der Waals surface area contributed by atoms with E-state index in [4.69, 9.17) is 0 Å². The van der Waals surface area contributed by atoms with Gasteiger partial charge in [-0.15, -0.1) is 0 Å². The van der Waals surface area contributed by atoms with Crippen molar-refractivity contribution < 1.29 is 4.39 Å². The van der Waals surface area contributed by atoms with Crippen LogP contribution in [-0.4, -0.2) is 49.6 Å². The van der Waals surface area contributed by atoms with Crippen molar-refractivity contribution in [1.82, 2.24) is 9.80 Å². The molecule has 0 aliphatic carbocycles. The lowest BCUT2D eigenvalue weighted by molar-refractivity contribution is 0.166. The lowest BCUT2D eigenvalue weighted by atomic mass is 10.0. The molecular formula is C21H25FN2. The van der Waals surface area contributed by atoms with Crippen LogP contribution in [-0.2, 0) is 0 Å². The summed E-state index contributed by atoms with van der Waals surface area (Å²) in [7, 11) is 2.18. The van der Waals surface area contributed by atoms with Crippen molar-refractivity contribution in [2.75, 3.05) is 39.8 Å². The third-order valence-electron chi connectivity index (χ3n) is 4.77. The van der Waals surface area contributed by atoms with E-state index >= 15 is 0 Å². The maximum absolute atomic E-state index is 13.0. The Morgan fingerprint density at radius 3 is 2.04 bits per heavy atom. The van der Waals surface area contributed by atoms with Crippen LogP contribution in [0.4, 0.5) is 4.39 Å². The fourth-order valence-electron chi connectivity index (χ4n) is 2.98. The molecule has 0 unspecified atom stereocenters. The van der Waals surface area contributed by atoms with E-state index in [1.165, 1.54) is 23.3 Å². The predicted molar refractivity (Wildman–Crippen MR) is 99.4 cm³/mol. The van der Waals surface area contributed by atoms with Crippen LogP contribution in [0.5, 0.6) is 0 Å². The minimum absolute atomic E-state index is 0.196. The Morgan fingerprint density at radius 2 is 1.46 bits per heavy atom. The van der Waals surface area contributed by atoms with Crippen LogP contribution >= 0.6 is 0 Å². The zero-order valence-corrected chi connectivity index (χ0v) is 14.5.